The highest BCUT2D eigenvalue weighted by molar-refractivity contribution is 7.99. The monoisotopic (exact) mass is 251 g/mol. The second-order valence-corrected chi connectivity index (χ2v) is 5.90. The van der Waals surface area contributed by atoms with E-state index >= 15 is 0 Å². The predicted octanol–water partition coefficient (Wildman–Crippen LogP) is 2.67. The summed E-state index contributed by atoms with van der Waals surface area (Å²) in [6.45, 7) is 1.25. The van der Waals surface area contributed by atoms with E-state index in [9.17, 15) is 5.11 Å². The third-order valence-corrected chi connectivity index (χ3v) is 4.49. The Morgan fingerprint density at radius 1 is 1.18 bits per heavy atom. The van der Waals surface area contributed by atoms with Gasteiger partial charge in [0, 0.05) is 22.7 Å². The number of benzene rings is 1. The highest BCUT2D eigenvalue weighted by Gasteiger charge is 2.31. The number of nitrogens with one attached hydrogen (secondary N) is 1. The Labute approximate surface area is 108 Å². The van der Waals surface area contributed by atoms with E-state index in [1.807, 2.05) is 17.8 Å². The van der Waals surface area contributed by atoms with E-state index in [1.165, 1.54) is 17.7 Å². The predicted molar refractivity (Wildman–Crippen MR) is 73.5 cm³/mol. The van der Waals surface area contributed by atoms with Gasteiger partial charge in [-0.05, 0) is 25.0 Å². The summed E-state index contributed by atoms with van der Waals surface area (Å²) in [5.41, 5.74) is 0.0250. The molecule has 2 N–H and O–H groups in total. The van der Waals surface area contributed by atoms with Crippen LogP contribution in [0.25, 0.3) is 0 Å². The molecular formula is C14H21NOS. The molecule has 17 heavy (non-hydrogen) atoms. The first-order chi connectivity index (χ1) is 8.35. The molecule has 1 aromatic rings. The molecule has 0 saturated heterocycles. The smallest absolute Gasteiger partial charge is 0.0613 e. The van der Waals surface area contributed by atoms with Gasteiger partial charge in [-0.3, -0.25) is 0 Å². The number of aliphatic hydroxyl groups is 1. The van der Waals surface area contributed by atoms with Gasteiger partial charge in [0.15, 0.2) is 0 Å². The summed E-state index contributed by atoms with van der Waals surface area (Å²) in [7, 11) is 0. The lowest BCUT2D eigenvalue weighted by Gasteiger charge is -2.28. The largest absolute Gasteiger partial charge is 0.394 e. The number of hydrogen-bond donors (Lipinski definition) is 2. The van der Waals surface area contributed by atoms with Crippen LogP contribution in [0.1, 0.15) is 25.7 Å². The molecule has 0 aliphatic heterocycles. The topological polar surface area (TPSA) is 32.3 Å². The van der Waals surface area contributed by atoms with Gasteiger partial charge in [0.2, 0.25) is 0 Å². The highest BCUT2D eigenvalue weighted by Crippen LogP contribution is 2.29. The van der Waals surface area contributed by atoms with Crippen molar-refractivity contribution >= 4 is 11.8 Å². The third kappa shape index (κ3) is 3.73. The second kappa shape index (κ2) is 6.43. The van der Waals surface area contributed by atoms with Crippen molar-refractivity contribution in [1.82, 2.24) is 5.32 Å². The maximum atomic E-state index is 9.46. The van der Waals surface area contributed by atoms with Crippen LogP contribution in [-0.2, 0) is 0 Å². The summed E-state index contributed by atoms with van der Waals surface area (Å²) in [6, 6.07) is 10.5. The van der Waals surface area contributed by atoms with Gasteiger partial charge >= 0.3 is 0 Å². The summed E-state index contributed by atoms with van der Waals surface area (Å²) in [5.74, 6) is 1.06. The average molecular weight is 251 g/mol. The minimum absolute atomic E-state index is 0.0250. The summed E-state index contributed by atoms with van der Waals surface area (Å²) in [5, 5.41) is 13.0. The molecule has 1 aromatic carbocycles. The van der Waals surface area contributed by atoms with Crippen LogP contribution in [0.3, 0.4) is 0 Å². The summed E-state index contributed by atoms with van der Waals surface area (Å²) in [4.78, 5) is 1.32. The fraction of sp³-hybridized carbons (Fsp3) is 0.571. The zero-order valence-corrected chi connectivity index (χ0v) is 11.0. The molecule has 0 radical (unpaired) electrons. The highest BCUT2D eigenvalue weighted by atomic mass is 32.2. The Bertz CT molecular complexity index is 322. The van der Waals surface area contributed by atoms with Gasteiger partial charge in [0.05, 0.1) is 6.61 Å². The lowest BCUT2D eigenvalue weighted by molar-refractivity contribution is 0.167. The molecule has 0 bridgehead atoms. The minimum atomic E-state index is 0.0250. The molecule has 0 heterocycles. The van der Waals surface area contributed by atoms with E-state index in [0.29, 0.717) is 0 Å². The summed E-state index contributed by atoms with van der Waals surface area (Å²) >= 11 is 1.87. The van der Waals surface area contributed by atoms with Crippen molar-refractivity contribution < 1.29 is 5.11 Å². The maximum Gasteiger partial charge on any atom is 0.0613 e. The maximum absolute atomic E-state index is 9.46. The van der Waals surface area contributed by atoms with Gasteiger partial charge in [-0.25, -0.2) is 0 Å². The average Bonchev–Trinajstić information content (AvgIpc) is 2.85. The quantitative estimate of drug-likeness (QED) is 0.602. The molecule has 1 fully saturated rings. The number of aliphatic hydroxyl groups excluding tert-OH is 1. The number of rotatable bonds is 6. The fourth-order valence-corrected chi connectivity index (χ4v) is 3.23. The van der Waals surface area contributed by atoms with E-state index in [0.717, 1.165) is 25.1 Å². The number of hydrogen-bond acceptors (Lipinski definition) is 3. The van der Waals surface area contributed by atoms with Crippen LogP contribution in [-0.4, -0.2) is 29.5 Å². The Balaban J connectivity index is 1.69. The van der Waals surface area contributed by atoms with E-state index in [1.54, 1.807) is 0 Å². The van der Waals surface area contributed by atoms with E-state index in [-0.39, 0.29) is 12.1 Å². The van der Waals surface area contributed by atoms with Gasteiger partial charge in [0.1, 0.15) is 0 Å². The van der Waals surface area contributed by atoms with Crippen LogP contribution < -0.4 is 5.32 Å². The molecule has 3 heteroatoms. The molecule has 94 valence electrons. The van der Waals surface area contributed by atoms with Gasteiger partial charge in [0.25, 0.3) is 0 Å². The molecule has 0 unspecified atom stereocenters. The molecule has 2 rings (SSSR count). The van der Waals surface area contributed by atoms with Crippen LogP contribution >= 0.6 is 11.8 Å². The zero-order valence-electron chi connectivity index (χ0n) is 10.2. The van der Waals surface area contributed by atoms with Crippen molar-refractivity contribution in [3.05, 3.63) is 30.3 Å². The van der Waals surface area contributed by atoms with E-state index in [4.69, 9.17) is 0 Å². The Morgan fingerprint density at radius 3 is 2.53 bits per heavy atom. The van der Waals surface area contributed by atoms with Gasteiger partial charge < -0.3 is 10.4 Å². The second-order valence-electron chi connectivity index (χ2n) is 4.73. The minimum Gasteiger partial charge on any atom is -0.394 e. The molecule has 1 aliphatic carbocycles. The Kier molecular flexibility index (Phi) is 4.89. The van der Waals surface area contributed by atoms with Crippen LogP contribution in [0.2, 0.25) is 0 Å². The standard InChI is InChI=1S/C14H21NOS/c16-12-14(8-4-5-9-14)15-10-11-17-13-6-2-1-3-7-13/h1-3,6-7,15-16H,4-5,8-12H2. The van der Waals surface area contributed by atoms with E-state index < -0.39 is 0 Å². The molecule has 1 saturated carbocycles. The molecule has 1 aliphatic rings. The van der Waals surface area contributed by atoms with Crippen LogP contribution in [0.4, 0.5) is 0 Å². The Hall–Kier alpha value is -0.510. The molecule has 0 amide bonds. The number of thioether (sulfide) groups is 1. The zero-order chi connectivity index (χ0) is 12.0. The summed E-state index contributed by atoms with van der Waals surface area (Å²) < 4.78 is 0. The lowest BCUT2D eigenvalue weighted by Crippen LogP contribution is -2.46. The first kappa shape index (κ1) is 12.9. The Morgan fingerprint density at radius 2 is 1.88 bits per heavy atom. The summed E-state index contributed by atoms with van der Waals surface area (Å²) in [6.07, 6.45) is 4.75. The third-order valence-electron chi connectivity index (χ3n) is 3.48. The van der Waals surface area contributed by atoms with Crippen molar-refractivity contribution in [3.8, 4) is 0 Å². The SMILES string of the molecule is OCC1(NCCSc2ccccc2)CCCC1. The van der Waals surface area contributed by atoms with Crippen molar-refractivity contribution in [1.29, 1.82) is 0 Å². The first-order valence-corrected chi connectivity index (χ1v) is 7.37. The van der Waals surface area contributed by atoms with Crippen molar-refractivity contribution in [2.75, 3.05) is 18.9 Å². The molecule has 0 spiro atoms. The first-order valence-electron chi connectivity index (χ1n) is 6.38. The molecule has 2 nitrogen and oxygen atoms in total. The van der Waals surface area contributed by atoms with Gasteiger partial charge in [-0.15, -0.1) is 11.8 Å². The lowest BCUT2D eigenvalue weighted by atomic mass is 9.99. The van der Waals surface area contributed by atoms with Crippen LogP contribution in [0, 0.1) is 0 Å². The molecular weight excluding hydrogens is 230 g/mol. The van der Waals surface area contributed by atoms with E-state index in [2.05, 4.69) is 29.6 Å². The van der Waals surface area contributed by atoms with Crippen molar-refractivity contribution in [2.45, 2.75) is 36.1 Å². The fourth-order valence-electron chi connectivity index (χ4n) is 2.44. The van der Waals surface area contributed by atoms with Crippen LogP contribution in [0.15, 0.2) is 35.2 Å². The normalized spacial score (nSPS) is 18.4. The van der Waals surface area contributed by atoms with Crippen molar-refractivity contribution in [3.63, 3.8) is 0 Å². The van der Waals surface area contributed by atoms with Gasteiger partial charge in [-0.1, -0.05) is 31.0 Å². The van der Waals surface area contributed by atoms with Crippen LogP contribution in [0.5, 0.6) is 0 Å². The van der Waals surface area contributed by atoms with Gasteiger partial charge in [-0.2, -0.15) is 0 Å². The molecule has 0 aromatic heterocycles. The molecule has 0 atom stereocenters. The van der Waals surface area contributed by atoms with Crippen molar-refractivity contribution in [2.24, 2.45) is 0 Å².